The Labute approximate surface area is 185 Å². The summed E-state index contributed by atoms with van der Waals surface area (Å²) in [5.41, 5.74) is 2.70. The number of aromatic nitrogens is 5. The maximum atomic E-state index is 13.8. The first kappa shape index (κ1) is 20.2. The fourth-order valence-electron chi connectivity index (χ4n) is 3.23. The average Bonchev–Trinajstić information content (AvgIpc) is 3.25. The van der Waals surface area contributed by atoms with Gasteiger partial charge in [-0.2, -0.15) is 9.61 Å². The molecule has 10 heteroatoms. The van der Waals surface area contributed by atoms with Gasteiger partial charge in [0.05, 0.1) is 11.4 Å². The molecule has 0 aliphatic heterocycles. The molecule has 0 atom stereocenters. The monoisotopic (exact) mass is 443 g/mol. The largest absolute Gasteiger partial charge is 0.323 e. The summed E-state index contributed by atoms with van der Waals surface area (Å²) in [7, 11) is 0. The highest BCUT2D eigenvalue weighted by Crippen LogP contribution is 2.23. The second kappa shape index (κ2) is 8.42. The second-order valence-electron chi connectivity index (χ2n) is 7.01. The van der Waals surface area contributed by atoms with Crippen LogP contribution in [-0.2, 0) is 0 Å². The Morgan fingerprint density at radius 3 is 2.61 bits per heavy atom. The van der Waals surface area contributed by atoms with Crippen LogP contribution in [0.1, 0.15) is 0 Å². The van der Waals surface area contributed by atoms with Crippen LogP contribution in [0.25, 0.3) is 28.4 Å². The van der Waals surface area contributed by atoms with Gasteiger partial charge in [-0.1, -0.05) is 18.2 Å². The molecule has 3 aromatic heterocycles. The van der Waals surface area contributed by atoms with Gasteiger partial charge < -0.3 is 10.6 Å². The molecular formula is C23H15F2N7O. The van der Waals surface area contributed by atoms with Crippen LogP contribution in [-0.4, -0.2) is 30.8 Å². The molecule has 2 amide bonds. The second-order valence-corrected chi connectivity index (χ2v) is 7.01. The van der Waals surface area contributed by atoms with Gasteiger partial charge in [0.1, 0.15) is 17.3 Å². The molecule has 0 saturated carbocycles. The smallest absolute Gasteiger partial charge is 0.308 e. The molecule has 3 heterocycles. The number of benzene rings is 2. The lowest BCUT2D eigenvalue weighted by Crippen LogP contribution is -2.20. The van der Waals surface area contributed by atoms with Crippen LogP contribution in [0, 0.1) is 11.6 Å². The van der Waals surface area contributed by atoms with Crippen LogP contribution in [0.2, 0.25) is 0 Å². The SMILES string of the molecule is O=C(Nc1cccc(-c2ccc3nnc(-c4ccccn4)n3n2)c1)Nc1cc(F)ccc1F. The van der Waals surface area contributed by atoms with Gasteiger partial charge in [-0.15, -0.1) is 10.2 Å². The van der Waals surface area contributed by atoms with Crippen LogP contribution in [0.4, 0.5) is 25.0 Å². The van der Waals surface area contributed by atoms with Gasteiger partial charge in [-0.05, 0) is 48.5 Å². The summed E-state index contributed by atoms with van der Waals surface area (Å²) >= 11 is 0. The number of carbonyl (C=O) groups is 1. The van der Waals surface area contributed by atoms with Crippen LogP contribution < -0.4 is 10.6 Å². The summed E-state index contributed by atoms with van der Waals surface area (Å²) in [4.78, 5) is 16.6. The zero-order valence-electron chi connectivity index (χ0n) is 16.9. The number of anilines is 2. The lowest BCUT2D eigenvalue weighted by Gasteiger charge is -2.10. The Hall–Kier alpha value is -4.73. The van der Waals surface area contributed by atoms with E-state index in [2.05, 4.69) is 30.9 Å². The number of carbonyl (C=O) groups excluding carboxylic acids is 1. The van der Waals surface area contributed by atoms with Crippen molar-refractivity contribution in [1.29, 1.82) is 0 Å². The predicted molar refractivity (Wildman–Crippen MR) is 118 cm³/mol. The molecule has 0 aliphatic carbocycles. The molecule has 5 rings (SSSR count). The van der Waals surface area contributed by atoms with Gasteiger partial charge in [0.15, 0.2) is 5.65 Å². The Kier molecular flexibility index (Phi) is 5.15. The molecule has 162 valence electrons. The number of amides is 2. The van der Waals surface area contributed by atoms with E-state index in [1.54, 1.807) is 41.0 Å². The molecule has 0 spiro atoms. The van der Waals surface area contributed by atoms with E-state index in [1.165, 1.54) is 0 Å². The van der Waals surface area contributed by atoms with E-state index in [-0.39, 0.29) is 5.69 Å². The van der Waals surface area contributed by atoms with Gasteiger partial charge in [0.25, 0.3) is 0 Å². The van der Waals surface area contributed by atoms with Crippen molar-refractivity contribution >= 4 is 23.1 Å². The van der Waals surface area contributed by atoms with E-state index >= 15 is 0 Å². The highest BCUT2D eigenvalue weighted by atomic mass is 19.1. The Balaban J connectivity index is 1.41. The maximum absolute atomic E-state index is 13.8. The van der Waals surface area contributed by atoms with Crippen LogP contribution in [0.15, 0.2) is 79.0 Å². The molecule has 0 unspecified atom stereocenters. The summed E-state index contributed by atoms with van der Waals surface area (Å²) in [5, 5.41) is 17.8. The van der Waals surface area contributed by atoms with Gasteiger partial charge in [-0.25, -0.2) is 13.6 Å². The molecule has 0 fully saturated rings. The van der Waals surface area contributed by atoms with Crippen molar-refractivity contribution in [2.75, 3.05) is 10.6 Å². The molecule has 33 heavy (non-hydrogen) atoms. The molecule has 8 nitrogen and oxygen atoms in total. The molecule has 0 saturated heterocycles. The number of nitrogens with zero attached hydrogens (tertiary/aromatic N) is 5. The first-order valence-electron chi connectivity index (χ1n) is 9.84. The average molecular weight is 443 g/mol. The highest BCUT2D eigenvalue weighted by molar-refractivity contribution is 6.00. The first-order valence-corrected chi connectivity index (χ1v) is 9.84. The number of rotatable bonds is 4. The third-order valence-electron chi connectivity index (χ3n) is 4.75. The molecule has 0 aliphatic rings. The minimum Gasteiger partial charge on any atom is -0.308 e. The van der Waals surface area contributed by atoms with Crippen LogP contribution in [0.5, 0.6) is 0 Å². The van der Waals surface area contributed by atoms with Crippen molar-refractivity contribution in [3.8, 4) is 22.8 Å². The number of hydrogen-bond donors (Lipinski definition) is 2. The number of halogens is 2. The van der Waals surface area contributed by atoms with Crippen LogP contribution in [0.3, 0.4) is 0 Å². The standard InChI is InChI=1S/C23H15F2N7O/c24-15-7-8-17(25)20(13-15)28-23(33)27-16-5-3-4-14(12-16)18-9-10-21-29-30-22(32(21)31-18)19-6-1-2-11-26-19/h1-13H,(H2,27,28,33). The Morgan fingerprint density at radius 2 is 1.76 bits per heavy atom. The summed E-state index contributed by atoms with van der Waals surface area (Å²) < 4.78 is 28.7. The van der Waals surface area contributed by atoms with E-state index in [4.69, 9.17) is 0 Å². The van der Waals surface area contributed by atoms with Crippen molar-refractivity contribution in [2.24, 2.45) is 0 Å². The van der Waals surface area contributed by atoms with E-state index in [0.29, 0.717) is 34.1 Å². The number of pyridine rings is 1. The number of fused-ring (bicyclic) bond motifs is 1. The van der Waals surface area contributed by atoms with E-state index in [1.807, 2.05) is 24.3 Å². The normalized spacial score (nSPS) is 10.8. The number of urea groups is 1. The summed E-state index contributed by atoms with van der Waals surface area (Å²) in [5.74, 6) is -0.900. The molecule has 2 N–H and O–H groups in total. The molecule has 5 aromatic rings. The number of nitrogens with one attached hydrogen (secondary N) is 2. The zero-order chi connectivity index (χ0) is 22.8. The fraction of sp³-hybridized carbons (Fsp3) is 0. The van der Waals surface area contributed by atoms with E-state index < -0.39 is 17.7 Å². The first-order chi connectivity index (χ1) is 16.1. The lowest BCUT2D eigenvalue weighted by molar-refractivity contribution is 0.262. The fourth-order valence-corrected chi connectivity index (χ4v) is 3.23. The summed E-state index contributed by atoms with van der Waals surface area (Å²) in [6.45, 7) is 0. The third-order valence-corrected chi connectivity index (χ3v) is 4.75. The summed E-state index contributed by atoms with van der Waals surface area (Å²) in [6.07, 6.45) is 1.66. The molecule has 0 bridgehead atoms. The van der Waals surface area contributed by atoms with Crippen molar-refractivity contribution in [3.63, 3.8) is 0 Å². The predicted octanol–water partition coefficient (Wildman–Crippen LogP) is 4.78. The van der Waals surface area contributed by atoms with Crippen LogP contribution >= 0.6 is 0 Å². The Bertz CT molecular complexity index is 1470. The van der Waals surface area contributed by atoms with Crippen molar-refractivity contribution in [1.82, 2.24) is 24.8 Å². The maximum Gasteiger partial charge on any atom is 0.323 e. The quantitative estimate of drug-likeness (QED) is 0.417. The highest BCUT2D eigenvalue weighted by Gasteiger charge is 2.13. The van der Waals surface area contributed by atoms with E-state index in [0.717, 1.165) is 18.2 Å². The van der Waals surface area contributed by atoms with Crippen molar-refractivity contribution in [3.05, 3.63) is 90.6 Å². The molecule has 2 aromatic carbocycles. The minimum atomic E-state index is -0.740. The Morgan fingerprint density at radius 1 is 0.848 bits per heavy atom. The third kappa shape index (κ3) is 4.22. The van der Waals surface area contributed by atoms with Crippen molar-refractivity contribution in [2.45, 2.75) is 0 Å². The van der Waals surface area contributed by atoms with Gasteiger partial charge in [0.2, 0.25) is 5.82 Å². The topological polar surface area (TPSA) is 97.1 Å². The number of hydrogen-bond acceptors (Lipinski definition) is 5. The van der Waals surface area contributed by atoms with Crippen molar-refractivity contribution < 1.29 is 13.6 Å². The minimum absolute atomic E-state index is 0.259. The van der Waals surface area contributed by atoms with Gasteiger partial charge in [-0.3, -0.25) is 4.98 Å². The van der Waals surface area contributed by atoms with E-state index in [9.17, 15) is 13.6 Å². The molecule has 0 radical (unpaired) electrons. The molecular weight excluding hydrogens is 428 g/mol. The zero-order valence-corrected chi connectivity index (χ0v) is 16.9. The lowest BCUT2D eigenvalue weighted by atomic mass is 10.1. The van der Waals surface area contributed by atoms with Gasteiger partial charge >= 0.3 is 6.03 Å². The summed E-state index contributed by atoms with van der Waals surface area (Å²) in [6, 6.07) is 18.1. The van der Waals surface area contributed by atoms with Gasteiger partial charge in [0, 0.05) is 23.5 Å².